The largest absolute Gasteiger partial charge is 0.340 e. The molecule has 2 aliphatic heterocycles. The third-order valence-electron chi connectivity index (χ3n) is 6.26. The zero-order valence-corrected chi connectivity index (χ0v) is 17.2. The fraction of sp³-hybridized carbons (Fsp3) is 0.650. The molecule has 1 amide bonds. The van der Waals surface area contributed by atoms with Gasteiger partial charge < -0.3 is 10.2 Å². The van der Waals surface area contributed by atoms with Gasteiger partial charge in [0.1, 0.15) is 0 Å². The number of hydrogen-bond donors (Lipinski definition) is 1. The fourth-order valence-electron chi connectivity index (χ4n) is 4.59. The molecule has 26 heavy (non-hydrogen) atoms. The Morgan fingerprint density at radius 2 is 1.85 bits per heavy atom. The van der Waals surface area contributed by atoms with Crippen molar-refractivity contribution in [3.05, 3.63) is 35.4 Å². The van der Waals surface area contributed by atoms with E-state index in [1.54, 1.807) is 0 Å². The molecule has 6 heteroatoms. The van der Waals surface area contributed by atoms with Crippen molar-refractivity contribution in [2.45, 2.75) is 32.7 Å². The summed E-state index contributed by atoms with van der Waals surface area (Å²) in [6.45, 7) is 9.13. The summed E-state index contributed by atoms with van der Waals surface area (Å²) >= 11 is 0. The van der Waals surface area contributed by atoms with E-state index < -0.39 is 0 Å². The summed E-state index contributed by atoms with van der Waals surface area (Å²) in [5.41, 5.74) is 3.06. The summed E-state index contributed by atoms with van der Waals surface area (Å²) in [7, 11) is 0. The number of nitrogens with zero attached hydrogens (tertiary/aromatic N) is 2. The number of rotatable bonds is 3. The van der Waals surface area contributed by atoms with Gasteiger partial charge in [-0.05, 0) is 50.3 Å². The Balaban J connectivity index is 0.00000121. The zero-order valence-electron chi connectivity index (χ0n) is 15.6. The second-order valence-electron chi connectivity index (χ2n) is 7.96. The average Bonchev–Trinajstić information content (AvgIpc) is 3.28. The minimum absolute atomic E-state index is 0. The Morgan fingerprint density at radius 3 is 2.50 bits per heavy atom. The molecule has 0 aromatic heterocycles. The van der Waals surface area contributed by atoms with Gasteiger partial charge in [-0.25, -0.2) is 0 Å². The van der Waals surface area contributed by atoms with Crippen molar-refractivity contribution in [1.29, 1.82) is 0 Å². The van der Waals surface area contributed by atoms with Gasteiger partial charge in [-0.3, -0.25) is 9.69 Å². The number of benzene rings is 1. The molecule has 0 radical (unpaired) electrons. The minimum Gasteiger partial charge on any atom is -0.340 e. The first-order valence-corrected chi connectivity index (χ1v) is 9.44. The SMILES string of the molecule is Cc1cccc(CN2CCN(C(=O)C3CC34CCNCC4)CC2)c1.Cl.Cl. The van der Waals surface area contributed by atoms with E-state index in [-0.39, 0.29) is 24.8 Å². The number of hydrogen-bond acceptors (Lipinski definition) is 3. The van der Waals surface area contributed by atoms with Crippen LogP contribution in [0.25, 0.3) is 0 Å². The molecule has 1 spiro atoms. The van der Waals surface area contributed by atoms with Gasteiger partial charge >= 0.3 is 0 Å². The first-order valence-electron chi connectivity index (χ1n) is 9.44. The molecule has 1 atom stereocenters. The highest BCUT2D eigenvalue weighted by Crippen LogP contribution is 2.59. The van der Waals surface area contributed by atoms with Gasteiger partial charge in [0.15, 0.2) is 0 Å². The smallest absolute Gasteiger partial charge is 0.226 e. The third-order valence-corrected chi connectivity index (χ3v) is 6.26. The van der Waals surface area contributed by atoms with Gasteiger partial charge in [0, 0.05) is 38.6 Å². The average molecular weight is 400 g/mol. The zero-order chi connectivity index (χ0) is 16.6. The lowest BCUT2D eigenvalue weighted by Gasteiger charge is -2.35. The van der Waals surface area contributed by atoms with Crippen LogP contribution in [0.2, 0.25) is 0 Å². The van der Waals surface area contributed by atoms with Crippen molar-refractivity contribution >= 4 is 30.7 Å². The molecule has 4 nitrogen and oxygen atoms in total. The molecule has 3 fully saturated rings. The van der Waals surface area contributed by atoms with Gasteiger partial charge in [0.25, 0.3) is 0 Å². The topological polar surface area (TPSA) is 35.6 Å². The van der Waals surface area contributed by atoms with Crippen LogP contribution < -0.4 is 5.32 Å². The summed E-state index contributed by atoms with van der Waals surface area (Å²) < 4.78 is 0. The van der Waals surface area contributed by atoms with Crippen LogP contribution in [0, 0.1) is 18.3 Å². The Morgan fingerprint density at radius 1 is 1.15 bits per heavy atom. The number of piperazine rings is 1. The van der Waals surface area contributed by atoms with Crippen LogP contribution in [-0.2, 0) is 11.3 Å². The molecule has 2 heterocycles. The quantitative estimate of drug-likeness (QED) is 0.848. The van der Waals surface area contributed by atoms with Crippen LogP contribution in [0.1, 0.15) is 30.4 Å². The molecule has 4 rings (SSSR count). The van der Waals surface area contributed by atoms with E-state index in [1.807, 2.05) is 0 Å². The van der Waals surface area contributed by atoms with E-state index in [2.05, 4.69) is 46.3 Å². The molecule has 1 aromatic rings. The standard InChI is InChI=1S/C20H29N3O.2ClH/c1-16-3-2-4-17(13-16)15-22-9-11-23(12-10-22)19(24)18-14-20(18)5-7-21-8-6-20;;/h2-4,13,18,21H,5-12,14-15H2,1H3;2*1H. The van der Waals surface area contributed by atoms with Gasteiger partial charge in [-0.1, -0.05) is 29.8 Å². The summed E-state index contributed by atoms with van der Waals surface area (Å²) in [5, 5.41) is 3.42. The molecule has 1 unspecified atom stereocenters. The molecule has 0 bridgehead atoms. The number of carbonyl (C=O) groups excluding carboxylic acids is 1. The lowest BCUT2D eigenvalue weighted by atomic mass is 9.91. The van der Waals surface area contributed by atoms with Crippen LogP contribution in [0.4, 0.5) is 0 Å². The third kappa shape index (κ3) is 4.53. The van der Waals surface area contributed by atoms with Crippen molar-refractivity contribution < 1.29 is 4.79 Å². The predicted octanol–water partition coefficient (Wildman–Crippen LogP) is 2.87. The second-order valence-corrected chi connectivity index (χ2v) is 7.96. The highest BCUT2D eigenvalue weighted by molar-refractivity contribution is 5.85. The van der Waals surface area contributed by atoms with E-state index in [0.29, 0.717) is 17.2 Å². The summed E-state index contributed by atoms with van der Waals surface area (Å²) in [5.74, 6) is 0.759. The highest BCUT2D eigenvalue weighted by atomic mass is 35.5. The van der Waals surface area contributed by atoms with Crippen LogP contribution in [0.5, 0.6) is 0 Å². The van der Waals surface area contributed by atoms with Crippen molar-refractivity contribution in [1.82, 2.24) is 15.1 Å². The summed E-state index contributed by atoms with van der Waals surface area (Å²) in [6.07, 6.45) is 3.52. The lowest BCUT2D eigenvalue weighted by Crippen LogP contribution is -2.49. The maximum atomic E-state index is 12.8. The number of piperidine rings is 1. The molecule has 1 saturated carbocycles. The normalized spacial score (nSPS) is 24.5. The minimum atomic E-state index is 0. The second kappa shape index (κ2) is 8.92. The summed E-state index contributed by atoms with van der Waals surface area (Å²) in [6, 6.07) is 8.75. The molecule has 146 valence electrons. The molecule has 1 aliphatic carbocycles. The van der Waals surface area contributed by atoms with E-state index >= 15 is 0 Å². The Hall–Kier alpha value is -0.810. The number of halogens is 2. The Kier molecular flexibility index (Phi) is 7.37. The van der Waals surface area contributed by atoms with Gasteiger partial charge in [0.2, 0.25) is 5.91 Å². The monoisotopic (exact) mass is 399 g/mol. The highest BCUT2D eigenvalue weighted by Gasteiger charge is 2.58. The maximum absolute atomic E-state index is 12.8. The number of aryl methyl sites for hydroxylation is 1. The van der Waals surface area contributed by atoms with Crippen LogP contribution in [-0.4, -0.2) is 55.0 Å². The molecule has 1 N–H and O–H groups in total. The van der Waals surface area contributed by atoms with Crippen molar-refractivity contribution in [3.63, 3.8) is 0 Å². The maximum Gasteiger partial charge on any atom is 0.226 e. The molecule has 3 aliphatic rings. The first-order chi connectivity index (χ1) is 11.7. The van der Waals surface area contributed by atoms with E-state index in [4.69, 9.17) is 0 Å². The van der Waals surface area contributed by atoms with Crippen molar-refractivity contribution in [3.8, 4) is 0 Å². The Bertz CT molecular complexity index is 611. The molecular weight excluding hydrogens is 369 g/mol. The number of nitrogens with one attached hydrogen (secondary N) is 1. The van der Waals surface area contributed by atoms with Crippen molar-refractivity contribution in [2.24, 2.45) is 11.3 Å². The van der Waals surface area contributed by atoms with Gasteiger partial charge in [0.05, 0.1) is 0 Å². The van der Waals surface area contributed by atoms with Crippen LogP contribution >= 0.6 is 24.8 Å². The van der Waals surface area contributed by atoms with E-state index in [9.17, 15) is 4.79 Å². The van der Waals surface area contributed by atoms with E-state index in [0.717, 1.165) is 52.2 Å². The molecule has 2 saturated heterocycles. The number of carbonyl (C=O) groups is 1. The van der Waals surface area contributed by atoms with Crippen LogP contribution in [0.15, 0.2) is 24.3 Å². The lowest BCUT2D eigenvalue weighted by molar-refractivity contribution is -0.135. The van der Waals surface area contributed by atoms with Crippen LogP contribution in [0.3, 0.4) is 0 Å². The Labute approximate surface area is 169 Å². The predicted molar refractivity (Wildman–Crippen MR) is 110 cm³/mol. The van der Waals surface area contributed by atoms with Gasteiger partial charge in [-0.2, -0.15) is 0 Å². The van der Waals surface area contributed by atoms with E-state index in [1.165, 1.54) is 24.0 Å². The first kappa shape index (κ1) is 21.5. The summed E-state index contributed by atoms with van der Waals surface area (Å²) in [4.78, 5) is 17.4. The van der Waals surface area contributed by atoms with Gasteiger partial charge in [-0.15, -0.1) is 24.8 Å². The number of amides is 1. The van der Waals surface area contributed by atoms with Crippen molar-refractivity contribution in [2.75, 3.05) is 39.3 Å². The molecular formula is C20H31Cl2N3O. The molecule has 1 aromatic carbocycles. The fourth-order valence-corrected chi connectivity index (χ4v) is 4.59.